The Hall–Kier alpha value is -3.27. The van der Waals surface area contributed by atoms with Gasteiger partial charge in [-0.25, -0.2) is 4.98 Å². The van der Waals surface area contributed by atoms with E-state index in [1.807, 2.05) is 72.1 Å². The number of nitrogens with two attached hydrogens (primary N) is 1. The first kappa shape index (κ1) is 20.0. The highest BCUT2D eigenvalue weighted by Gasteiger charge is 2.23. The Bertz CT molecular complexity index is 1240. The fourth-order valence-corrected chi connectivity index (χ4v) is 4.31. The number of benzene rings is 2. The standard InChI is InChI=1S/C24H16BrN3OS/c25-17-10-8-15(9-11-17)22-18(13-20(29)21-7-4-12-30-21)23(16-5-2-1-3-6-16)28-24(27)19(22)14-26/h1-12H,13H2,(H2,27,28). The number of carbonyl (C=O) groups is 1. The molecular formula is C24H16BrN3OS. The van der Waals surface area contributed by atoms with Crippen LogP contribution >= 0.6 is 27.3 Å². The number of nitrogen functional groups attached to an aromatic ring is 1. The zero-order chi connectivity index (χ0) is 21.1. The first-order chi connectivity index (χ1) is 14.6. The molecule has 0 radical (unpaired) electrons. The number of aromatic nitrogens is 1. The Morgan fingerprint density at radius 3 is 2.40 bits per heavy atom. The number of anilines is 1. The van der Waals surface area contributed by atoms with Crippen LogP contribution in [0, 0.1) is 11.3 Å². The van der Waals surface area contributed by atoms with E-state index in [9.17, 15) is 10.1 Å². The minimum absolute atomic E-state index is 0.0176. The summed E-state index contributed by atoms with van der Waals surface area (Å²) in [6.45, 7) is 0. The largest absolute Gasteiger partial charge is 0.383 e. The van der Waals surface area contributed by atoms with Crippen molar-refractivity contribution in [3.63, 3.8) is 0 Å². The van der Waals surface area contributed by atoms with Crippen LogP contribution in [-0.4, -0.2) is 10.8 Å². The third kappa shape index (κ3) is 3.90. The van der Waals surface area contributed by atoms with Crippen LogP contribution in [0.2, 0.25) is 0 Å². The van der Waals surface area contributed by atoms with Gasteiger partial charge in [0.2, 0.25) is 0 Å². The van der Waals surface area contributed by atoms with Crippen LogP contribution in [0.4, 0.5) is 5.82 Å². The van der Waals surface area contributed by atoms with E-state index >= 15 is 0 Å². The van der Waals surface area contributed by atoms with Gasteiger partial charge in [-0.2, -0.15) is 5.26 Å². The number of rotatable bonds is 5. The molecule has 0 saturated carbocycles. The number of nitrogens with zero attached hydrogens (tertiary/aromatic N) is 2. The number of hydrogen-bond donors (Lipinski definition) is 1. The van der Waals surface area contributed by atoms with Gasteiger partial charge in [-0.05, 0) is 34.7 Å². The maximum absolute atomic E-state index is 13.0. The predicted octanol–water partition coefficient (Wildman–Crippen LogP) is 6.12. The molecule has 6 heteroatoms. The second-order valence-corrected chi connectivity index (χ2v) is 8.50. The highest BCUT2D eigenvalue weighted by atomic mass is 79.9. The summed E-state index contributed by atoms with van der Waals surface area (Å²) in [6.07, 6.45) is 0.123. The van der Waals surface area contributed by atoms with Gasteiger partial charge in [0.25, 0.3) is 0 Å². The summed E-state index contributed by atoms with van der Waals surface area (Å²) < 4.78 is 0.922. The average Bonchev–Trinajstić information content (AvgIpc) is 3.31. The van der Waals surface area contributed by atoms with E-state index in [0.29, 0.717) is 21.7 Å². The maximum Gasteiger partial charge on any atom is 0.177 e. The molecule has 2 heterocycles. The zero-order valence-electron chi connectivity index (χ0n) is 15.8. The van der Waals surface area contributed by atoms with E-state index in [0.717, 1.165) is 15.6 Å². The van der Waals surface area contributed by atoms with Gasteiger partial charge < -0.3 is 5.73 Å². The molecule has 0 aliphatic rings. The zero-order valence-corrected chi connectivity index (χ0v) is 18.2. The van der Waals surface area contributed by atoms with Gasteiger partial charge in [0.1, 0.15) is 17.5 Å². The van der Waals surface area contributed by atoms with Gasteiger partial charge in [0.05, 0.1) is 10.6 Å². The Kier molecular flexibility index (Phi) is 5.75. The van der Waals surface area contributed by atoms with Gasteiger partial charge in [-0.1, -0.05) is 64.5 Å². The molecule has 4 rings (SSSR count). The number of halogens is 1. The van der Waals surface area contributed by atoms with Gasteiger partial charge in [-0.15, -0.1) is 11.3 Å². The fourth-order valence-electron chi connectivity index (χ4n) is 3.38. The monoisotopic (exact) mass is 473 g/mol. The number of ketones is 1. The summed E-state index contributed by atoms with van der Waals surface area (Å²) in [4.78, 5) is 18.3. The van der Waals surface area contributed by atoms with Crippen molar-refractivity contribution in [2.75, 3.05) is 5.73 Å². The van der Waals surface area contributed by atoms with Crippen molar-refractivity contribution in [3.05, 3.63) is 92.6 Å². The molecule has 2 aromatic carbocycles. The quantitative estimate of drug-likeness (QED) is 0.354. The third-order valence-electron chi connectivity index (χ3n) is 4.75. The summed E-state index contributed by atoms with van der Waals surface area (Å²) >= 11 is 4.85. The number of carbonyl (C=O) groups excluding carboxylic acids is 1. The molecule has 30 heavy (non-hydrogen) atoms. The van der Waals surface area contributed by atoms with Crippen LogP contribution in [0.3, 0.4) is 0 Å². The number of thiophene rings is 1. The number of Topliss-reactive ketones (excluding diaryl/α,β-unsaturated/α-hetero) is 1. The van der Waals surface area contributed by atoms with E-state index in [-0.39, 0.29) is 23.6 Å². The molecule has 146 valence electrons. The van der Waals surface area contributed by atoms with Crippen molar-refractivity contribution in [1.29, 1.82) is 5.26 Å². The van der Waals surface area contributed by atoms with Crippen molar-refractivity contribution in [2.24, 2.45) is 0 Å². The van der Waals surface area contributed by atoms with Crippen molar-refractivity contribution in [1.82, 2.24) is 4.98 Å². The van der Waals surface area contributed by atoms with Crippen LogP contribution < -0.4 is 5.73 Å². The van der Waals surface area contributed by atoms with Crippen molar-refractivity contribution in [2.45, 2.75) is 6.42 Å². The van der Waals surface area contributed by atoms with E-state index in [4.69, 9.17) is 5.73 Å². The first-order valence-corrected chi connectivity index (χ1v) is 10.9. The van der Waals surface area contributed by atoms with Crippen LogP contribution in [0.5, 0.6) is 0 Å². The van der Waals surface area contributed by atoms with Gasteiger partial charge in [-0.3, -0.25) is 4.79 Å². The van der Waals surface area contributed by atoms with Crippen LogP contribution in [-0.2, 0) is 6.42 Å². The molecule has 4 aromatic rings. The van der Waals surface area contributed by atoms with E-state index in [2.05, 4.69) is 27.0 Å². The minimum atomic E-state index is -0.0176. The Balaban J connectivity index is 2.00. The molecule has 0 aliphatic heterocycles. The molecule has 2 N–H and O–H groups in total. The molecule has 0 unspecified atom stereocenters. The lowest BCUT2D eigenvalue weighted by atomic mass is 9.89. The van der Waals surface area contributed by atoms with Crippen molar-refractivity contribution in [3.8, 4) is 28.5 Å². The number of pyridine rings is 1. The smallest absolute Gasteiger partial charge is 0.177 e. The summed E-state index contributed by atoms with van der Waals surface area (Å²) in [5.41, 5.74) is 10.1. The van der Waals surface area contributed by atoms with E-state index in [1.165, 1.54) is 11.3 Å². The van der Waals surface area contributed by atoms with E-state index < -0.39 is 0 Å². The average molecular weight is 474 g/mol. The first-order valence-electron chi connectivity index (χ1n) is 9.19. The topological polar surface area (TPSA) is 79.8 Å². The van der Waals surface area contributed by atoms with Crippen molar-refractivity contribution < 1.29 is 4.79 Å². The third-order valence-corrected chi connectivity index (χ3v) is 6.19. The second kappa shape index (κ2) is 8.62. The molecular weight excluding hydrogens is 458 g/mol. The van der Waals surface area contributed by atoms with Gasteiger partial charge in [0.15, 0.2) is 5.78 Å². The highest BCUT2D eigenvalue weighted by Crippen LogP contribution is 2.37. The summed E-state index contributed by atoms with van der Waals surface area (Å²) in [5, 5.41) is 11.7. The molecule has 0 atom stereocenters. The lowest BCUT2D eigenvalue weighted by Crippen LogP contribution is -2.10. The number of nitriles is 1. The highest BCUT2D eigenvalue weighted by molar-refractivity contribution is 9.10. The molecule has 0 amide bonds. The molecule has 0 fully saturated rings. The van der Waals surface area contributed by atoms with Gasteiger partial charge in [0, 0.05) is 22.0 Å². The lowest BCUT2D eigenvalue weighted by molar-refractivity contribution is 0.0997. The SMILES string of the molecule is N#Cc1c(N)nc(-c2ccccc2)c(CC(=O)c2cccs2)c1-c1ccc(Br)cc1. The lowest BCUT2D eigenvalue weighted by Gasteiger charge is -2.17. The Morgan fingerprint density at radius 1 is 1.03 bits per heavy atom. The molecule has 0 saturated heterocycles. The second-order valence-electron chi connectivity index (χ2n) is 6.64. The molecule has 2 aromatic heterocycles. The van der Waals surface area contributed by atoms with Crippen LogP contribution in [0.15, 0.2) is 76.6 Å². The fraction of sp³-hybridized carbons (Fsp3) is 0.0417. The number of hydrogen-bond acceptors (Lipinski definition) is 5. The molecule has 0 aliphatic carbocycles. The van der Waals surface area contributed by atoms with Crippen molar-refractivity contribution >= 4 is 38.9 Å². The summed E-state index contributed by atoms with van der Waals surface area (Å²) in [6, 6.07) is 23.1. The Labute approximate surface area is 186 Å². The molecule has 0 spiro atoms. The van der Waals surface area contributed by atoms with Crippen LogP contribution in [0.25, 0.3) is 22.4 Å². The molecule has 0 bridgehead atoms. The summed E-state index contributed by atoms with van der Waals surface area (Å²) in [7, 11) is 0. The van der Waals surface area contributed by atoms with E-state index in [1.54, 1.807) is 0 Å². The predicted molar refractivity (Wildman–Crippen MR) is 124 cm³/mol. The minimum Gasteiger partial charge on any atom is -0.383 e. The molecule has 4 nitrogen and oxygen atoms in total. The van der Waals surface area contributed by atoms with Gasteiger partial charge >= 0.3 is 0 Å². The normalized spacial score (nSPS) is 10.5. The maximum atomic E-state index is 13.0. The van der Waals surface area contributed by atoms with Crippen LogP contribution in [0.1, 0.15) is 20.8 Å². The Morgan fingerprint density at radius 2 is 1.77 bits per heavy atom. The summed E-state index contributed by atoms with van der Waals surface area (Å²) in [5.74, 6) is 0.137.